The molecule has 66 valence electrons. The van der Waals surface area contributed by atoms with Crippen LogP contribution in [0, 0.1) is 0 Å². The molecule has 4 N–H and O–H groups in total. The first-order valence-electron chi connectivity index (χ1n) is 3.29. The van der Waals surface area contributed by atoms with Gasteiger partial charge in [-0.25, -0.2) is 0 Å². The van der Waals surface area contributed by atoms with Gasteiger partial charge in [-0.1, -0.05) is 36.4 Å². The van der Waals surface area contributed by atoms with Crippen molar-refractivity contribution in [2.75, 3.05) is 0 Å². The molecule has 0 saturated heterocycles. The van der Waals surface area contributed by atoms with Gasteiger partial charge in [0.15, 0.2) is 5.96 Å². The number of hydrogen-bond donors (Lipinski definition) is 2. The average molecular weight is 189 g/mol. The Morgan fingerprint density at radius 3 is 1.46 bits per heavy atom. The molecule has 1 amide bonds. The molecule has 0 aliphatic carbocycles. The molecular weight excluding hydrogens is 177 g/mol. The molecule has 1 rings (SSSR count). The fourth-order valence-electron chi connectivity index (χ4n) is 0.446. The van der Waals surface area contributed by atoms with Gasteiger partial charge in [-0.3, -0.25) is 4.79 Å². The van der Waals surface area contributed by atoms with Crippen molar-refractivity contribution in [2.45, 2.75) is 0 Å². The van der Waals surface area contributed by atoms with Crippen molar-refractivity contribution in [1.82, 2.24) is 0 Å². The van der Waals surface area contributed by atoms with Gasteiger partial charge < -0.3 is 12.9 Å². The van der Waals surface area contributed by atoms with E-state index in [1.165, 1.54) is 0 Å². The van der Waals surface area contributed by atoms with Crippen LogP contribution in [0.5, 0.6) is 0 Å². The van der Waals surface area contributed by atoms with Gasteiger partial charge in [-0.15, -0.1) is 0 Å². The van der Waals surface area contributed by atoms with E-state index in [4.69, 9.17) is 11.5 Å². The molecule has 0 unspecified atom stereocenters. The van der Waals surface area contributed by atoms with Crippen LogP contribution in [0.3, 0.4) is 0 Å². The van der Waals surface area contributed by atoms with Crippen molar-refractivity contribution in [3.05, 3.63) is 36.4 Å². The number of carbonyl (C=O) groups is 1. The largest absolute Gasteiger partial charge is 1.00 e. The summed E-state index contributed by atoms with van der Waals surface area (Å²) in [6.07, 6.45) is 0.287. The number of nitrogens with zero attached hydrogens (tertiary/aromatic N) is 1. The minimum absolute atomic E-state index is 0. The van der Waals surface area contributed by atoms with Gasteiger partial charge in [0.05, 0.1) is 0 Å². The van der Waals surface area contributed by atoms with Crippen LogP contribution in [-0.2, 0) is 4.79 Å². The molecule has 0 fully saturated rings. The van der Waals surface area contributed by atoms with Crippen LogP contribution in [0.2, 0.25) is 0 Å². The molecular formula is C8H12N3NaO. The zero-order chi connectivity index (χ0) is 9.23. The Morgan fingerprint density at radius 2 is 1.38 bits per heavy atom. The third kappa shape index (κ3) is 14.1. The van der Waals surface area contributed by atoms with E-state index in [1.807, 2.05) is 36.4 Å². The Balaban J connectivity index is -0.000000151. The minimum atomic E-state index is -0.204. The third-order valence-electron chi connectivity index (χ3n) is 0.868. The van der Waals surface area contributed by atoms with Crippen molar-refractivity contribution >= 4 is 12.4 Å². The van der Waals surface area contributed by atoms with E-state index >= 15 is 0 Å². The first-order valence-corrected chi connectivity index (χ1v) is 3.29. The number of hydrogen-bond acceptors (Lipinski definition) is 1. The Labute approximate surface area is 101 Å². The van der Waals surface area contributed by atoms with Gasteiger partial charge in [0.1, 0.15) is 0 Å². The van der Waals surface area contributed by atoms with Crippen LogP contribution in [-0.4, -0.2) is 12.4 Å². The molecule has 1 aromatic carbocycles. The molecule has 0 bridgehead atoms. The summed E-state index contributed by atoms with van der Waals surface area (Å²) in [7, 11) is 0. The molecule has 0 aliphatic rings. The summed E-state index contributed by atoms with van der Waals surface area (Å²) in [6.45, 7) is 0. The predicted octanol–water partition coefficient (Wildman–Crippen LogP) is -2.78. The van der Waals surface area contributed by atoms with Crippen LogP contribution in [0.15, 0.2) is 41.4 Å². The Kier molecular flexibility index (Phi) is 12.6. The van der Waals surface area contributed by atoms with Crippen molar-refractivity contribution < 1.29 is 35.8 Å². The van der Waals surface area contributed by atoms with E-state index in [0.717, 1.165) is 0 Å². The summed E-state index contributed by atoms with van der Waals surface area (Å²) >= 11 is 0. The van der Waals surface area contributed by atoms with Crippen LogP contribution in [0.25, 0.3) is 0 Å². The fraction of sp³-hybridized carbons (Fsp3) is 0. The zero-order valence-electron chi connectivity index (χ0n) is 8.55. The van der Waals surface area contributed by atoms with Crippen LogP contribution in [0.1, 0.15) is 1.43 Å². The maximum absolute atomic E-state index is 9.27. The molecule has 0 aliphatic heterocycles. The van der Waals surface area contributed by atoms with Gasteiger partial charge in [0, 0.05) is 0 Å². The SMILES string of the molecule is NC(N)=NC=O.[H-].[Na+].c1ccccc1. The zero-order valence-corrected chi connectivity index (χ0v) is 9.55. The van der Waals surface area contributed by atoms with E-state index in [2.05, 4.69) is 4.99 Å². The summed E-state index contributed by atoms with van der Waals surface area (Å²) in [5.41, 5.74) is 9.40. The van der Waals surface area contributed by atoms with Gasteiger partial charge in [0.25, 0.3) is 0 Å². The first kappa shape index (κ1) is 14.7. The molecule has 1 aromatic rings. The smallest absolute Gasteiger partial charge is 1.00 e. The maximum Gasteiger partial charge on any atom is 1.00 e. The number of aliphatic imine (C=N–C) groups is 1. The second kappa shape index (κ2) is 11.2. The number of amides is 1. The molecule has 0 heterocycles. The second-order valence-electron chi connectivity index (χ2n) is 1.81. The summed E-state index contributed by atoms with van der Waals surface area (Å²) in [5.74, 6) is -0.204. The normalized spacial score (nSPS) is 6.77. The van der Waals surface area contributed by atoms with E-state index in [1.54, 1.807) is 0 Å². The van der Waals surface area contributed by atoms with Crippen molar-refractivity contribution in [1.29, 1.82) is 0 Å². The summed E-state index contributed by atoms with van der Waals surface area (Å²) in [6, 6.07) is 12.0. The predicted molar refractivity (Wildman–Crippen MR) is 49.4 cm³/mol. The molecule has 0 spiro atoms. The first-order chi connectivity index (χ1) is 5.77. The Morgan fingerprint density at radius 1 is 1.08 bits per heavy atom. The standard InChI is InChI=1S/C6H6.C2H5N3O.Na.H/c1-2-4-6-5-3-1;3-2(4)5-1-6;;/h1-6H;1H,(H4,3,4,5,6);;/q;;+1;-1. The number of carbonyl (C=O) groups excluding carboxylic acids is 1. The van der Waals surface area contributed by atoms with E-state index in [0.29, 0.717) is 0 Å². The van der Waals surface area contributed by atoms with E-state index < -0.39 is 0 Å². The van der Waals surface area contributed by atoms with Gasteiger partial charge in [-0.2, -0.15) is 4.99 Å². The monoisotopic (exact) mass is 189 g/mol. The van der Waals surface area contributed by atoms with Gasteiger partial charge in [-0.05, 0) is 0 Å². The van der Waals surface area contributed by atoms with Crippen molar-refractivity contribution in [3.8, 4) is 0 Å². The van der Waals surface area contributed by atoms with E-state index in [9.17, 15) is 4.79 Å². The number of nitrogens with two attached hydrogens (primary N) is 2. The second-order valence-corrected chi connectivity index (χ2v) is 1.81. The van der Waals surface area contributed by atoms with Gasteiger partial charge >= 0.3 is 29.6 Å². The van der Waals surface area contributed by atoms with Gasteiger partial charge in [0.2, 0.25) is 6.41 Å². The summed E-state index contributed by atoms with van der Waals surface area (Å²) in [5, 5.41) is 0. The van der Waals surface area contributed by atoms with Crippen LogP contribution < -0.4 is 41.0 Å². The molecule has 0 aromatic heterocycles. The minimum Gasteiger partial charge on any atom is -1.00 e. The average Bonchev–Trinajstić information content (AvgIpc) is 2.08. The third-order valence-corrected chi connectivity index (χ3v) is 0.868. The van der Waals surface area contributed by atoms with E-state index in [-0.39, 0.29) is 43.4 Å². The molecule has 0 radical (unpaired) electrons. The van der Waals surface area contributed by atoms with Crippen molar-refractivity contribution in [2.24, 2.45) is 16.5 Å². The van der Waals surface area contributed by atoms with Crippen LogP contribution in [0.4, 0.5) is 0 Å². The van der Waals surface area contributed by atoms with Crippen molar-refractivity contribution in [3.63, 3.8) is 0 Å². The molecule has 13 heavy (non-hydrogen) atoms. The summed E-state index contributed by atoms with van der Waals surface area (Å²) < 4.78 is 0. The number of benzene rings is 1. The Bertz CT molecular complexity index is 213. The molecule has 0 atom stereocenters. The molecule has 0 saturated carbocycles. The summed E-state index contributed by atoms with van der Waals surface area (Å²) in [4.78, 5) is 12.2. The molecule has 5 heteroatoms. The molecule has 4 nitrogen and oxygen atoms in total. The Hall–Kier alpha value is -0.840. The topological polar surface area (TPSA) is 81.5 Å². The number of guanidine groups is 1. The fourth-order valence-corrected chi connectivity index (χ4v) is 0.446. The van der Waals surface area contributed by atoms with Crippen LogP contribution >= 0.6 is 0 Å². The maximum atomic E-state index is 9.27. The number of rotatable bonds is 1. The quantitative estimate of drug-likeness (QED) is 0.217.